The smallest absolute Gasteiger partial charge is 0.271 e. The molecule has 0 unspecified atom stereocenters. The summed E-state index contributed by atoms with van der Waals surface area (Å²) in [4.78, 5) is 0. The molecule has 0 amide bonds. The van der Waals surface area contributed by atoms with Crippen molar-refractivity contribution in [3.63, 3.8) is 0 Å². The number of thiocarbonyl (C=S) groups is 2. The number of benzene rings is 1. The van der Waals surface area contributed by atoms with Gasteiger partial charge in [0, 0.05) is 0 Å². The number of nitrogens with one attached hydrogen (secondary N) is 2. The second-order valence-electron chi connectivity index (χ2n) is 2.75. The van der Waals surface area contributed by atoms with Crippen LogP contribution >= 0.6 is 24.4 Å². The van der Waals surface area contributed by atoms with Gasteiger partial charge >= 0.3 is 0 Å². The summed E-state index contributed by atoms with van der Waals surface area (Å²) in [5.74, 6) is 8.55. The molecule has 0 radical (unpaired) electrons. The van der Waals surface area contributed by atoms with Crippen molar-refractivity contribution in [1.82, 2.24) is 10.9 Å². The topological polar surface area (TPSA) is 106 Å². The molecule has 0 spiro atoms. The van der Waals surface area contributed by atoms with Crippen LogP contribution in [0.2, 0.25) is 0 Å². The van der Waals surface area contributed by atoms with Crippen LogP contribution in [0.4, 0.5) is 8.78 Å². The van der Waals surface area contributed by atoms with Crippen molar-refractivity contribution in [1.29, 1.82) is 0 Å². The zero-order valence-electron chi connectivity index (χ0n) is 10.6. The first-order valence-electron chi connectivity index (χ1n) is 5.11. The minimum atomic E-state index is -0.411. The van der Waals surface area contributed by atoms with Crippen LogP contribution in [-0.4, -0.2) is 22.1 Å². The predicted molar refractivity (Wildman–Crippen MR) is 80.5 cm³/mol. The van der Waals surface area contributed by atoms with Gasteiger partial charge in [-0.2, -0.15) is 0 Å². The van der Waals surface area contributed by atoms with E-state index < -0.39 is 11.6 Å². The number of aliphatic hydroxyl groups excluding tert-OH is 1. The van der Waals surface area contributed by atoms with Crippen LogP contribution in [0, 0.1) is 11.6 Å². The highest BCUT2D eigenvalue weighted by Crippen LogP contribution is 1.98. The van der Waals surface area contributed by atoms with Crippen LogP contribution in [0.1, 0.15) is 6.92 Å². The molecule has 10 heteroatoms. The lowest BCUT2D eigenvalue weighted by atomic mass is 10.3. The van der Waals surface area contributed by atoms with Crippen LogP contribution in [0.15, 0.2) is 24.3 Å². The van der Waals surface area contributed by atoms with Gasteiger partial charge in [0.15, 0.2) is 0 Å². The molecule has 7 N–H and O–H groups in total. The SMILES string of the molecule is CCOC(=S)NN.Fc1ccc(F)cc1.NNC(O)=S. The quantitative estimate of drug-likeness (QED) is 0.296. The van der Waals surface area contributed by atoms with Crippen LogP contribution in [0.5, 0.6) is 0 Å². The highest BCUT2D eigenvalue weighted by atomic mass is 32.1. The van der Waals surface area contributed by atoms with Crippen molar-refractivity contribution in [2.75, 3.05) is 6.61 Å². The van der Waals surface area contributed by atoms with Gasteiger partial charge in [0.05, 0.1) is 6.61 Å². The second kappa shape index (κ2) is 13.8. The molecule has 0 saturated carbocycles. The Kier molecular flexibility index (Phi) is 14.3. The standard InChI is InChI=1S/C6H4F2.C3H8N2OS.CH4N2OS/c7-5-1-2-6(8)4-3-5;1-2-6-3(7)5-4;2-3-1(4)5/h1-4H;2,4H2,1H3,(H,5,7);2H2,(H2,3,4,5). The Balaban J connectivity index is 0. The van der Waals surface area contributed by atoms with Crippen molar-refractivity contribution >= 4 is 34.8 Å². The Bertz CT molecular complexity index is 372. The summed E-state index contributed by atoms with van der Waals surface area (Å²) in [5.41, 5.74) is 3.99. The lowest BCUT2D eigenvalue weighted by molar-refractivity contribution is 0.321. The van der Waals surface area contributed by atoms with Crippen molar-refractivity contribution in [3.05, 3.63) is 35.9 Å². The second-order valence-corrected chi connectivity index (χ2v) is 3.51. The molecule has 114 valence electrons. The fraction of sp³-hybridized carbons (Fsp3) is 0.200. The Morgan fingerprint density at radius 1 is 1.15 bits per heavy atom. The van der Waals surface area contributed by atoms with E-state index in [1.54, 1.807) is 0 Å². The summed E-state index contributed by atoms with van der Waals surface area (Å²) in [6, 6.07) is 4.31. The Hall–Kier alpha value is -1.62. The molecule has 1 aromatic carbocycles. The monoisotopic (exact) mass is 326 g/mol. The largest absolute Gasteiger partial charge is 0.486 e. The molecule has 1 rings (SSSR count). The fourth-order valence-corrected chi connectivity index (χ4v) is 0.720. The molecule has 0 aliphatic heterocycles. The zero-order chi connectivity index (χ0) is 16.0. The number of ether oxygens (including phenoxy) is 1. The van der Waals surface area contributed by atoms with Gasteiger partial charge in [-0.05, 0) is 55.6 Å². The summed E-state index contributed by atoms with van der Waals surface area (Å²) in [6.07, 6.45) is 0. The van der Waals surface area contributed by atoms with Crippen LogP contribution in [-0.2, 0) is 4.74 Å². The lowest BCUT2D eigenvalue weighted by Gasteiger charge is -1.99. The minimum absolute atomic E-state index is 0.238. The van der Waals surface area contributed by atoms with Gasteiger partial charge in [-0.3, -0.25) is 10.9 Å². The highest BCUT2D eigenvalue weighted by Gasteiger charge is 1.86. The Morgan fingerprint density at radius 2 is 1.50 bits per heavy atom. The van der Waals surface area contributed by atoms with Crippen molar-refractivity contribution in [3.8, 4) is 0 Å². The summed E-state index contributed by atoms with van der Waals surface area (Å²) >= 11 is 8.51. The lowest BCUT2D eigenvalue weighted by Crippen LogP contribution is -2.30. The molecule has 0 fully saturated rings. The van der Waals surface area contributed by atoms with E-state index >= 15 is 0 Å². The normalized spacial score (nSPS) is 8.05. The van der Waals surface area contributed by atoms with Gasteiger partial charge in [-0.1, -0.05) is 0 Å². The molecule has 0 atom stereocenters. The minimum Gasteiger partial charge on any atom is -0.486 e. The van der Waals surface area contributed by atoms with E-state index in [9.17, 15) is 8.78 Å². The number of hydrogen-bond acceptors (Lipinski definition) is 5. The van der Waals surface area contributed by atoms with Gasteiger partial charge in [0.25, 0.3) is 10.3 Å². The zero-order valence-corrected chi connectivity index (χ0v) is 12.2. The van der Waals surface area contributed by atoms with E-state index in [4.69, 9.17) is 10.9 Å². The van der Waals surface area contributed by atoms with Gasteiger partial charge in [-0.15, -0.1) is 0 Å². The number of halogens is 2. The van der Waals surface area contributed by atoms with E-state index in [2.05, 4.69) is 40.4 Å². The molecular formula is C10H16F2N4O2S2. The van der Waals surface area contributed by atoms with E-state index in [-0.39, 0.29) is 10.3 Å². The molecule has 0 bridgehead atoms. The van der Waals surface area contributed by atoms with E-state index in [1.807, 2.05) is 12.3 Å². The maximum Gasteiger partial charge on any atom is 0.271 e. The molecule has 20 heavy (non-hydrogen) atoms. The molecule has 0 aliphatic rings. The average molecular weight is 326 g/mol. The maximum absolute atomic E-state index is 11.9. The summed E-state index contributed by atoms with van der Waals surface area (Å²) < 4.78 is 28.5. The fourth-order valence-electron chi connectivity index (χ4n) is 0.602. The molecule has 0 aliphatic carbocycles. The van der Waals surface area contributed by atoms with Gasteiger partial charge in [-0.25, -0.2) is 20.5 Å². The summed E-state index contributed by atoms with van der Waals surface area (Å²) in [5, 5.41) is 7.71. The number of aliphatic hydroxyl groups is 1. The first-order valence-corrected chi connectivity index (χ1v) is 5.92. The Labute approximate surface area is 126 Å². The van der Waals surface area contributed by atoms with Gasteiger partial charge in [0.2, 0.25) is 0 Å². The Morgan fingerprint density at radius 3 is 1.65 bits per heavy atom. The molecule has 6 nitrogen and oxygen atoms in total. The number of rotatable bonds is 1. The van der Waals surface area contributed by atoms with E-state index in [0.717, 1.165) is 24.3 Å². The third kappa shape index (κ3) is 16.4. The highest BCUT2D eigenvalue weighted by molar-refractivity contribution is 7.80. The molecule has 0 saturated heterocycles. The summed E-state index contributed by atoms with van der Waals surface area (Å²) in [7, 11) is 0. The third-order valence-electron chi connectivity index (χ3n) is 1.32. The van der Waals surface area contributed by atoms with Crippen molar-refractivity contribution in [2.45, 2.75) is 6.92 Å². The van der Waals surface area contributed by atoms with Gasteiger partial charge < -0.3 is 9.84 Å². The van der Waals surface area contributed by atoms with Crippen LogP contribution < -0.4 is 22.5 Å². The number of hydrogen-bond donors (Lipinski definition) is 5. The van der Waals surface area contributed by atoms with Crippen molar-refractivity contribution < 1.29 is 18.6 Å². The van der Waals surface area contributed by atoms with Gasteiger partial charge in [0.1, 0.15) is 11.6 Å². The van der Waals surface area contributed by atoms with E-state index in [0.29, 0.717) is 6.61 Å². The first kappa shape index (κ1) is 20.7. The van der Waals surface area contributed by atoms with Crippen LogP contribution in [0.25, 0.3) is 0 Å². The average Bonchev–Trinajstić information content (AvgIpc) is 2.43. The summed E-state index contributed by atoms with van der Waals surface area (Å²) in [6.45, 7) is 2.40. The molecule has 0 aromatic heterocycles. The van der Waals surface area contributed by atoms with E-state index in [1.165, 1.54) is 0 Å². The predicted octanol–water partition coefficient (Wildman–Crippen LogP) is 1.03. The van der Waals surface area contributed by atoms with Crippen molar-refractivity contribution in [2.24, 2.45) is 11.7 Å². The molecular weight excluding hydrogens is 310 g/mol. The third-order valence-corrected chi connectivity index (χ3v) is 1.67. The first-order chi connectivity index (χ1) is 9.37. The number of hydrazine groups is 2. The van der Waals surface area contributed by atoms with Crippen LogP contribution in [0.3, 0.4) is 0 Å². The molecule has 1 aromatic rings. The number of nitrogens with two attached hydrogens (primary N) is 2. The molecule has 0 heterocycles. The maximum atomic E-state index is 11.9.